The summed E-state index contributed by atoms with van der Waals surface area (Å²) < 4.78 is 12.9. The number of carboxylic acid groups (broad SMARTS) is 1. The van der Waals surface area contributed by atoms with Gasteiger partial charge in [-0.2, -0.15) is 0 Å². The Morgan fingerprint density at radius 2 is 1.89 bits per heavy atom. The third-order valence-electron chi connectivity index (χ3n) is 3.57. The number of alkyl halides is 1. The second-order valence-corrected chi connectivity index (χ2v) is 4.98. The summed E-state index contributed by atoms with van der Waals surface area (Å²) in [7, 11) is 0. The van der Waals surface area contributed by atoms with Crippen LogP contribution in [0.2, 0.25) is 0 Å². The highest BCUT2D eigenvalue weighted by Crippen LogP contribution is 2.17. The first-order valence-electron chi connectivity index (χ1n) is 6.72. The zero-order chi connectivity index (χ0) is 12.7. The molecule has 1 unspecified atom stereocenters. The van der Waals surface area contributed by atoms with E-state index in [2.05, 4.69) is 11.8 Å². The molecule has 0 aliphatic carbocycles. The quantitative estimate of drug-likeness (QED) is 0.780. The van der Waals surface area contributed by atoms with Crippen LogP contribution in [-0.2, 0) is 4.79 Å². The molecule has 0 aromatic carbocycles. The zero-order valence-electron chi connectivity index (χ0n) is 11.5. The van der Waals surface area contributed by atoms with Gasteiger partial charge in [-0.25, -0.2) is 4.39 Å². The summed E-state index contributed by atoms with van der Waals surface area (Å²) in [5, 5.41) is 9.09. The van der Waals surface area contributed by atoms with Gasteiger partial charge < -0.3 is 10.0 Å². The van der Waals surface area contributed by atoms with Crippen molar-refractivity contribution in [3.8, 4) is 0 Å². The topological polar surface area (TPSA) is 40.5 Å². The van der Waals surface area contributed by atoms with Crippen molar-refractivity contribution in [1.29, 1.82) is 0 Å². The number of carboxylic acids is 1. The molecule has 0 spiro atoms. The molecule has 1 heterocycles. The molecule has 0 amide bonds. The van der Waals surface area contributed by atoms with Gasteiger partial charge in [-0.15, -0.1) is 24.8 Å². The van der Waals surface area contributed by atoms with Crippen molar-refractivity contribution in [1.82, 2.24) is 4.90 Å². The summed E-state index contributed by atoms with van der Waals surface area (Å²) >= 11 is 0. The van der Waals surface area contributed by atoms with E-state index in [0.29, 0.717) is 19.3 Å². The Bertz CT molecular complexity index is 237. The largest absolute Gasteiger partial charge is 0.481 e. The minimum Gasteiger partial charge on any atom is -0.481 e. The summed E-state index contributed by atoms with van der Waals surface area (Å²) in [6.45, 7) is 4.43. The molecule has 116 valence electrons. The van der Waals surface area contributed by atoms with Gasteiger partial charge in [0.1, 0.15) is 6.17 Å². The fourth-order valence-corrected chi connectivity index (χ4v) is 2.31. The molecule has 0 radical (unpaired) electrons. The third kappa shape index (κ3) is 8.66. The lowest BCUT2D eigenvalue weighted by Gasteiger charge is -2.29. The molecule has 1 atom stereocenters. The Morgan fingerprint density at radius 3 is 2.37 bits per heavy atom. The molecular formula is C13H26Cl2FNO2. The highest BCUT2D eigenvalue weighted by Gasteiger charge is 2.21. The highest BCUT2D eigenvalue weighted by molar-refractivity contribution is 5.85. The average molecular weight is 318 g/mol. The number of unbranched alkanes of at least 4 members (excludes halogenated alkanes) is 1. The van der Waals surface area contributed by atoms with Gasteiger partial charge in [0.2, 0.25) is 0 Å². The van der Waals surface area contributed by atoms with Gasteiger partial charge >= 0.3 is 5.97 Å². The molecule has 0 saturated carbocycles. The van der Waals surface area contributed by atoms with Gasteiger partial charge in [-0.1, -0.05) is 19.8 Å². The predicted molar refractivity (Wildman–Crippen MR) is 80.3 cm³/mol. The second-order valence-electron chi connectivity index (χ2n) is 4.98. The smallest absolute Gasteiger partial charge is 0.306 e. The van der Waals surface area contributed by atoms with Gasteiger partial charge in [0.25, 0.3) is 0 Å². The Balaban J connectivity index is 0. The number of hydrogen-bond donors (Lipinski definition) is 1. The molecule has 6 heteroatoms. The Morgan fingerprint density at radius 1 is 1.32 bits per heavy atom. The first-order chi connectivity index (χ1) is 8.13. The lowest BCUT2D eigenvalue weighted by atomic mass is 9.98. The van der Waals surface area contributed by atoms with E-state index in [1.165, 1.54) is 0 Å². The fraction of sp³-hybridized carbons (Fsp3) is 0.923. The van der Waals surface area contributed by atoms with E-state index in [-0.39, 0.29) is 30.7 Å². The van der Waals surface area contributed by atoms with Gasteiger partial charge in [0.15, 0.2) is 0 Å². The van der Waals surface area contributed by atoms with Crippen molar-refractivity contribution in [2.24, 2.45) is 5.92 Å². The van der Waals surface area contributed by atoms with Crippen molar-refractivity contribution >= 4 is 30.8 Å². The van der Waals surface area contributed by atoms with Crippen molar-refractivity contribution < 1.29 is 14.3 Å². The molecule has 3 nitrogen and oxygen atoms in total. The molecule has 1 fully saturated rings. The van der Waals surface area contributed by atoms with E-state index < -0.39 is 12.1 Å². The fourth-order valence-electron chi connectivity index (χ4n) is 2.31. The molecule has 19 heavy (non-hydrogen) atoms. The van der Waals surface area contributed by atoms with Crippen LogP contribution in [0.4, 0.5) is 4.39 Å². The van der Waals surface area contributed by atoms with Crippen LogP contribution in [0.5, 0.6) is 0 Å². The summed E-state index contributed by atoms with van der Waals surface area (Å²) in [5.74, 6) is -0.906. The van der Waals surface area contributed by atoms with Crippen LogP contribution in [0.3, 0.4) is 0 Å². The average Bonchev–Trinajstić information content (AvgIpc) is 2.31. The number of piperidine rings is 1. The van der Waals surface area contributed by atoms with Crippen molar-refractivity contribution in [2.75, 3.05) is 19.6 Å². The van der Waals surface area contributed by atoms with Crippen LogP contribution >= 0.6 is 24.8 Å². The van der Waals surface area contributed by atoms with Crippen LogP contribution < -0.4 is 0 Å². The van der Waals surface area contributed by atoms with Crippen LogP contribution in [0.25, 0.3) is 0 Å². The van der Waals surface area contributed by atoms with E-state index in [1.807, 2.05) is 0 Å². The van der Waals surface area contributed by atoms with E-state index in [0.717, 1.165) is 38.9 Å². The number of halogens is 3. The molecule has 1 saturated heterocycles. The second kappa shape index (κ2) is 11.7. The standard InChI is InChI=1S/C13H24FNO2.2ClH/c1-2-3-4-11(13(16)17)5-8-15-9-6-12(14)7-10-15;;/h11-12H,2-10H2,1H3,(H,16,17);2*1H. The molecule has 1 aliphatic heterocycles. The van der Waals surface area contributed by atoms with Crippen LogP contribution in [0.15, 0.2) is 0 Å². The summed E-state index contributed by atoms with van der Waals surface area (Å²) in [6.07, 6.45) is 4.04. The van der Waals surface area contributed by atoms with Crippen LogP contribution in [0.1, 0.15) is 45.4 Å². The van der Waals surface area contributed by atoms with Gasteiger partial charge in [0, 0.05) is 13.1 Å². The molecular weight excluding hydrogens is 292 g/mol. The predicted octanol–water partition coefficient (Wildman–Crippen LogP) is 3.55. The zero-order valence-corrected chi connectivity index (χ0v) is 13.1. The van der Waals surface area contributed by atoms with E-state index in [4.69, 9.17) is 5.11 Å². The number of nitrogens with zero attached hydrogens (tertiary/aromatic N) is 1. The lowest BCUT2D eigenvalue weighted by molar-refractivity contribution is -0.142. The van der Waals surface area contributed by atoms with E-state index >= 15 is 0 Å². The molecule has 1 N–H and O–H groups in total. The van der Waals surface area contributed by atoms with Crippen molar-refractivity contribution in [2.45, 2.75) is 51.6 Å². The van der Waals surface area contributed by atoms with Gasteiger partial charge in [-0.3, -0.25) is 4.79 Å². The maximum atomic E-state index is 12.9. The minimum absolute atomic E-state index is 0. The molecule has 1 aliphatic rings. The molecule has 0 aromatic heterocycles. The third-order valence-corrected chi connectivity index (χ3v) is 3.57. The maximum absolute atomic E-state index is 12.9. The Hall–Kier alpha value is -0.0600. The molecule has 0 bridgehead atoms. The highest BCUT2D eigenvalue weighted by atomic mass is 35.5. The normalized spacial score (nSPS) is 18.2. The number of rotatable bonds is 7. The number of carbonyl (C=O) groups is 1. The first kappa shape index (κ1) is 21.2. The van der Waals surface area contributed by atoms with Gasteiger partial charge in [-0.05, 0) is 32.2 Å². The Labute approximate surface area is 127 Å². The number of likely N-dealkylation sites (tertiary alicyclic amines) is 1. The first-order valence-corrected chi connectivity index (χ1v) is 6.72. The van der Waals surface area contributed by atoms with E-state index in [9.17, 15) is 9.18 Å². The summed E-state index contributed by atoms with van der Waals surface area (Å²) in [5.41, 5.74) is 0. The number of hydrogen-bond acceptors (Lipinski definition) is 2. The monoisotopic (exact) mass is 317 g/mol. The lowest BCUT2D eigenvalue weighted by Crippen LogP contribution is -2.36. The van der Waals surface area contributed by atoms with Gasteiger partial charge in [0.05, 0.1) is 5.92 Å². The molecule has 0 aromatic rings. The van der Waals surface area contributed by atoms with Crippen LogP contribution in [0, 0.1) is 5.92 Å². The molecule has 1 rings (SSSR count). The number of aliphatic carboxylic acids is 1. The van der Waals surface area contributed by atoms with Crippen molar-refractivity contribution in [3.63, 3.8) is 0 Å². The maximum Gasteiger partial charge on any atom is 0.306 e. The SMILES string of the molecule is CCCCC(CCN1CCC(F)CC1)C(=O)O.Cl.Cl. The summed E-state index contributed by atoms with van der Waals surface area (Å²) in [4.78, 5) is 13.2. The minimum atomic E-state index is -0.682. The summed E-state index contributed by atoms with van der Waals surface area (Å²) in [6, 6.07) is 0. The van der Waals surface area contributed by atoms with Crippen molar-refractivity contribution in [3.05, 3.63) is 0 Å². The van der Waals surface area contributed by atoms with Crippen LogP contribution in [-0.4, -0.2) is 41.8 Å². The van der Waals surface area contributed by atoms with E-state index in [1.54, 1.807) is 0 Å². The Kier molecular flexibility index (Phi) is 13.1.